The number of benzene rings is 3. The van der Waals surface area contributed by atoms with E-state index in [0.717, 1.165) is 49.3 Å². The first-order valence-electron chi connectivity index (χ1n) is 11.7. The molecule has 184 valence electrons. The fraction of sp³-hybridized carbons (Fsp3) is 0.0690. The van der Waals surface area contributed by atoms with Crippen molar-refractivity contribution in [1.29, 1.82) is 0 Å². The molecule has 0 aliphatic carbocycles. The maximum atomic E-state index is 12.4. The second kappa shape index (κ2) is 10.1. The zero-order valence-electron chi connectivity index (χ0n) is 20.3. The van der Waals surface area contributed by atoms with E-state index in [4.69, 9.17) is 5.73 Å². The van der Waals surface area contributed by atoms with Gasteiger partial charge >= 0.3 is 6.03 Å². The van der Waals surface area contributed by atoms with E-state index in [-0.39, 0.29) is 11.9 Å². The Kier molecular flexibility index (Phi) is 6.57. The van der Waals surface area contributed by atoms with Gasteiger partial charge in [-0.3, -0.25) is 4.79 Å². The highest BCUT2D eigenvalue weighted by atomic mass is 32.1. The van der Waals surface area contributed by atoms with Gasteiger partial charge in [0.2, 0.25) is 5.91 Å². The third-order valence-electron chi connectivity index (χ3n) is 5.85. The topological polar surface area (TPSA) is 109 Å². The zero-order valence-corrected chi connectivity index (χ0v) is 21.1. The Hall–Kier alpha value is -4.69. The van der Waals surface area contributed by atoms with Gasteiger partial charge in [-0.05, 0) is 65.4 Å². The Labute approximate surface area is 218 Å². The summed E-state index contributed by atoms with van der Waals surface area (Å²) in [5.41, 5.74) is 13.4. The summed E-state index contributed by atoms with van der Waals surface area (Å²) in [5, 5.41) is 11.5. The van der Waals surface area contributed by atoms with Crippen LogP contribution in [0.15, 0.2) is 84.4 Å². The van der Waals surface area contributed by atoms with Crippen LogP contribution in [-0.4, -0.2) is 16.9 Å². The second-order valence-corrected chi connectivity index (χ2v) is 9.58. The number of aromatic nitrogens is 1. The van der Waals surface area contributed by atoms with Crippen LogP contribution >= 0.6 is 11.3 Å². The van der Waals surface area contributed by atoms with E-state index in [9.17, 15) is 9.59 Å². The van der Waals surface area contributed by atoms with E-state index in [0.29, 0.717) is 11.5 Å². The van der Waals surface area contributed by atoms with Crippen LogP contribution in [-0.2, 0) is 4.79 Å². The molecule has 0 aliphatic rings. The Morgan fingerprint density at radius 2 is 1.51 bits per heavy atom. The van der Waals surface area contributed by atoms with E-state index in [1.54, 1.807) is 17.5 Å². The molecule has 5 aromatic rings. The number of nitrogens with one attached hydrogen (secondary N) is 3. The minimum absolute atomic E-state index is 0.123. The van der Waals surface area contributed by atoms with E-state index >= 15 is 0 Å². The summed E-state index contributed by atoms with van der Waals surface area (Å²) in [6, 6.07) is 22.6. The van der Waals surface area contributed by atoms with Crippen LogP contribution in [0.4, 0.5) is 27.7 Å². The van der Waals surface area contributed by atoms with Gasteiger partial charge in [-0.2, -0.15) is 0 Å². The number of thiophene rings is 1. The molecule has 0 atom stereocenters. The molecule has 5 rings (SSSR count). The lowest BCUT2D eigenvalue weighted by Gasteiger charge is -2.10. The second-order valence-electron chi connectivity index (χ2n) is 8.70. The Morgan fingerprint density at radius 3 is 2.24 bits per heavy atom. The summed E-state index contributed by atoms with van der Waals surface area (Å²) in [7, 11) is 0. The molecule has 5 N–H and O–H groups in total. The minimum atomic E-state index is -0.307. The number of nitrogens with zero attached hydrogens (tertiary/aromatic N) is 1. The van der Waals surface area contributed by atoms with Gasteiger partial charge in [-0.1, -0.05) is 36.4 Å². The molecular weight excluding hydrogens is 482 g/mol. The molecule has 7 nitrogen and oxygen atoms in total. The van der Waals surface area contributed by atoms with Crippen molar-refractivity contribution in [2.75, 3.05) is 21.7 Å². The van der Waals surface area contributed by atoms with Crippen LogP contribution < -0.4 is 21.7 Å². The van der Waals surface area contributed by atoms with Crippen molar-refractivity contribution in [3.8, 4) is 22.3 Å². The first-order chi connectivity index (χ1) is 17.9. The normalized spacial score (nSPS) is 10.8. The van der Waals surface area contributed by atoms with Crippen molar-refractivity contribution in [2.24, 2.45) is 0 Å². The fourth-order valence-corrected chi connectivity index (χ4v) is 5.32. The van der Waals surface area contributed by atoms with E-state index in [2.05, 4.69) is 26.3 Å². The average Bonchev–Trinajstić information content (AvgIpc) is 3.31. The molecule has 8 heteroatoms. The highest BCUT2D eigenvalue weighted by molar-refractivity contribution is 7.18. The first kappa shape index (κ1) is 24.0. The molecule has 0 radical (unpaired) electrons. The fourth-order valence-electron chi connectivity index (χ4n) is 4.20. The number of nitrogens with two attached hydrogens (primary N) is 1. The molecule has 0 bridgehead atoms. The van der Waals surface area contributed by atoms with Crippen molar-refractivity contribution < 1.29 is 9.59 Å². The summed E-state index contributed by atoms with van der Waals surface area (Å²) in [5.74, 6) is 0.328. The minimum Gasteiger partial charge on any atom is -0.383 e. The SMILES string of the molecule is CC(=O)Nc1cccc(-c2cnc(N)c3c(-c4ccc(NC(=O)Nc5cccc(C)c5)cc4)csc23)c1. The van der Waals surface area contributed by atoms with Crippen LogP contribution in [0.2, 0.25) is 0 Å². The maximum absolute atomic E-state index is 12.4. The number of amides is 3. The number of hydrogen-bond acceptors (Lipinski definition) is 5. The van der Waals surface area contributed by atoms with Crippen molar-refractivity contribution in [2.45, 2.75) is 13.8 Å². The third kappa shape index (κ3) is 5.29. The molecule has 0 saturated heterocycles. The van der Waals surface area contributed by atoms with Gasteiger partial charge in [-0.25, -0.2) is 9.78 Å². The molecule has 0 unspecified atom stereocenters. The van der Waals surface area contributed by atoms with Gasteiger partial charge in [-0.15, -0.1) is 11.3 Å². The van der Waals surface area contributed by atoms with Gasteiger partial charge in [0.25, 0.3) is 0 Å². The largest absolute Gasteiger partial charge is 0.383 e. The van der Waals surface area contributed by atoms with E-state index in [1.165, 1.54) is 6.92 Å². The molecule has 3 amide bonds. The third-order valence-corrected chi connectivity index (χ3v) is 6.86. The molecule has 37 heavy (non-hydrogen) atoms. The predicted octanol–water partition coefficient (Wildman–Crippen LogP) is 7.12. The standard InChI is InChI=1S/C29H25N5O2S/c1-17-5-3-7-22(13-17)34-29(36)33-21-11-9-19(10-12-21)25-16-37-27-24(15-31-28(30)26(25)27)20-6-4-8-23(14-20)32-18(2)35/h3-16H,1-2H3,(H2,30,31)(H,32,35)(H2,33,34,36). The summed E-state index contributed by atoms with van der Waals surface area (Å²) < 4.78 is 1.02. The average molecular weight is 508 g/mol. The summed E-state index contributed by atoms with van der Waals surface area (Å²) >= 11 is 1.59. The van der Waals surface area contributed by atoms with Crippen molar-refractivity contribution >= 4 is 56.2 Å². The predicted molar refractivity (Wildman–Crippen MR) is 153 cm³/mol. The van der Waals surface area contributed by atoms with Crippen LogP contribution in [0, 0.1) is 6.92 Å². The van der Waals surface area contributed by atoms with Gasteiger partial charge in [0.1, 0.15) is 5.82 Å². The lowest BCUT2D eigenvalue weighted by Crippen LogP contribution is -2.19. The first-order valence-corrected chi connectivity index (χ1v) is 12.5. The molecule has 2 heterocycles. The zero-order chi connectivity index (χ0) is 25.9. The van der Waals surface area contributed by atoms with Crippen molar-refractivity contribution in [3.63, 3.8) is 0 Å². The molecule has 0 saturated carbocycles. The number of carbonyl (C=O) groups is 2. The van der Waals surface area contributed by atoms with E-state index < -0.39 is 0 Å². The number of aryl methyl sites for hydroxylation is 1. The molecule has 0 fully saturated rings. The summed E-state index contributed by atoms with van der Waals surface area (Å²) in [6.07, 6.45) is 1.77. The van der Waals surface area contributed by atoms with Crippen LogP contribution in [0.5, 0.6) is 0 Å². The highest BCUT2D eigenvalue weighted by Crippen LogP contribution is 2.42. The number of hydrogen-bond donors (Lipinski definition) is 4. The summed E-state index contributed by atoms with van der Waals surface area (Å²) in [6.45, 7) is 3.46. The highest BCUT2D eigenvalue weighted by Gasteiger charge is 2.16. The van der Waals surface area contributed by atoms with Gasteiger partial charge < -0.3 is 21.7 Å². The lowest BCUT2D eigenvalue weighted by atomic mass is 10.0. The van der Waals surface area contributed by atoms with E-state index in [1.807, 2.05) is 79.7 Å². The number of pyridine rings is 1. The smallest absolute Gasteiger partial charge is 0.323 e. The Balaban J connectivity index is 1.41. The maximum Gasteiger partial charge on any atom is 0.323 e. The lowest BCUT2D eigenvalue weighted by molar-refractivity contribution is -0.114. The number of urea groups is 1. The molecule has 0 spiro atoms. The molecule has 0 aliphatic heterocycles. The monoisotopic (exact) mass is 507 g/mol. The number of fused-ring (bicyclic) bond motifs is 1. The van der Waals surface area contributed by atoms with Crippen LogP contribution in [0.25, 0.3) is 32.3 Å². The quantitative estimate of drug-likeness (QED) is 0.203. The molecular formula is C29H25N5O2S. The number of nitrogen functional groups attached to an aromatic ring is 1. The number of rotatable bonds is 5. The van der Waals surface area contributed by atoms with Gasteiger partial charge in [0.05, 0.1) is 0 Å². The molecule has 2 aromatic heterocycles. The van der Waals surface area contributed by atoms with Crippen molar-refractivity contribution in [3.05, 3.63) is 89.9 Å². The Morgan fingerprint density at radius 1 is 0.811 bits per heavy atom. The van der Waals surface area contributed by atoms with Crippen LogP contribution in [0.3, 0.4) is 0 Å². The number of carbonyl (C=O) groups excluding carboxylic acids is 2. The van der Waals surface area contributed by atoms with Crippen LogP contribution in [0.1, 0.15) is 12.5 Å². The molecule has 3 aromatic carbocycles. The Bertz CT molecular complexity index is 1630. The number of anilines is 4. The summed E-state index contributed by atoms with van der Waals surface area (Å²) in [4.78, 5) is 28.4. The van der Waals surface area contributed by atoms with Gasteiger partial charge in [0.15, 0.2) is 0 Å². The van der Waals surface area contributed by atoms with Crippen molar-refractivity contribution in [1.82, 2.24) is 4.98 Å². The van der Waals surface area contributed by atoms with Gasteiger partial charge in [0, 0.05) is 51.4 Å².